The van der Waals surface area contributed by atoms with E-state index < -0.39 is 4.92 Å². The van der Waals surface area contributed by atoms with Crippen LogP contribution in [0.15, 0.2) is 18.5 Å². The van der Waals surface area contributed by atoms with E-state index >= 15 is 0 Å². The van der Waals surface area contributed by atoms with Crippen LogP contribution in [0.3, 0.4) is 0 Å². The summed E-state index contributed by atoms with van der Waals surface area (Å²) in [5, 5.41) is 13.6. The van der Waals surface area contributed by atoms with Gasteiger partial charge in [0.25, 0.3) is 0 Å². The number of urea groups is 1. The van der Waals surface area contributed by atoms with Crippen LogP contribution < -0.4 is 5.32 Å². The number of nitrogens with one attached hydrogen (secondary N) is 1. The molecule has 1 aromatic rings. The zero-order chi connectivity index (χ0) is 15.5. The normalized spacial score (nSPS) is 21.9. The third-order valence-electron chi connectivity index (χ3n) is 4.16. The third kappa shape index (κ3) is 3.48. The molecule has 0 spiro atoms. The van der Waals surface area contributed by atoms with Gasteiger partial charge in [0.2, 0.25) is 0 Å². The number of carbonyl (C=O) groups is 1. The molecule has 0 saturated carbocycles. The van der Waals surface area contributed by atoms with Crippen molar-refractivity contribution in [2.45, 2.75) is 33.1 Å². The van der Waals surface area contributed by atoms with Gasteiger partial charge in [-0.15, -0.1) is 0 Å². The average Bonchev–Trinajstić information content (AvgIpc) is 2.47. The molecule has 1 aliphatic rings. The van der Waals surface area contributed by atoms with Crippen LogP contribution in [0.2, 0.25) is 0 Å². The van der Waals surface area contributed by atoms with Crippen molar-refractivity contribution in [2.75, 3.05) is 18.4 Å². The van der Waals surface area contributed by atoms with Crippen molar-refractivity contribution in [3.63, 3.8) is 0 Å². The Balaban J connectivity index is 2.10. The fourth-order valence-electron chi connectivity index (χ4n) is 2.61. The first-order valence-electron chi connectivity index (χ1n) is 7.09. The quantitative estimate of drug-likeness (QED) is 0.685. The minimum atomic E-state index is -0.547. The van der Waals surface area contributed by atoms with Crippen LogP contribution in [-0.4, -0.2) is 33.9 Å². The number of nitrogens with zero attached hydrogens (tertiary/aromatic N) is 3. The molecule has 1 aromatic heterocycles. The molecule has 2 rings (SSSR count). The lowest BCUT2D eigenvalue weighted by Gasteiger charge is -2.39. The maximum Gasteiger partial charge on any atom is 0.322 e. The van der Waals surface area contributed by atoms with Crippen LogP contribution >= 0.6 is 0 Å². The monoisotopic (exact) mass is 292 g/mol. The Labute approximate surface area is 123 Å². The maximum atomic E-state index is 12.3. The van der Waals surface area contributed by atoms with Crippen LogP contribution in [-0.2, 0) is 0 Å². The second-order valence-corrected chi connectivity index (χ2v) is 5.77. The smallest absolute Gasteiger partial charge is 0.322 e. The molecular weight excluding hydrogens is 272 g/mol. The largest absolute Gasteiger partial charge is 0.324 e. The number of hydrogen-bond donors (Lipinski definition) is 1. The van der Waals surface area contributed by atoms with Crippen LogP contribution in [0.1, 0.15) is 33.1 Å². The Morgan fingerprint density at radius 1 is 1.62 bits per heavy atom. The summed E-state index contributed by atoms with van der Waals surface area (Å²) in [6.45, 7) is 5.64. The summed E-state index contributed by atoms with van der Waals surface area (Å²) in [7, 11) is 0. The van der Waals surface area contributed by atoms with Gasteiger partial charge in [0.1, 0.15) is 11.9 Å². The molecule has 1 fully saturated rings. The standard InChI is InChI=1S/C14H20N4O3/c1-3-14(2)6-4-8-17(10-14)13(19)16-11-5-7-15-9-12(11)18(20)21/h5,7,9H,3-4,6,8,10H2,1-2H3,(H,15,16,19). The number of carbonyl (C=O) groups excluding carboxylic acids is 1. The lowest BCUT2D eigenvalue weighted by Crippen LogP contribution is -2.46. The lowest BCUT2D eigenvalue weighted by atomic mass is 9.80. The van der Waals surface area contributed by atoms with Crippen molar-refractivity contribution in [1.82, 2.24) is 9.88 Å². The van der Waals surface area contributed by atoms with Crippen LogP contribution in [0.25, 0.3) is 0 Å². The number of piperidine rings is 1. The highest BCUT2D eigenvalue weighted by Gasteiger charge is 2.32. The Bertz CT molecular complexity index is 549. The molecule has 21 heavy (non-hydrogen) atoms. The zero-order valence-electron chi connectivity index (χ0n) is 12.3. The number of nitro groups is 1. The second-order valence-electron chi connectivity index (χ2n) is 5.77. The summed E-state index contributed by atoms with van der Waals surface area (Å²) < 4.78 is 0. The highest BCUT2D eigenvalue weighted by atomic mass is 16.6. The topological polar surface area (TPSA) is 88.4 Å². The van der Waals surface area contributed by atoms with E-state index in [1.54, 1.807) is 4.90 Å². The van der Waals surface area contributed by atoms with E-state index in [-0.39, 0.29) is 22.8 Å². The Hall–Kier alpha value is -2.18. The van der Waals surface area contributed by atoms with Gasteiger partial charge < -0.3 is 10.2 Å². The number of likely N-dealkylation sites (tertiary alicyclic amines) is 1. The zero-order valence-corrected chi connectivity index (χ0v) is 12.3. The highest BCUT2D eigenvalue weighted by Crippen LogP contribution is 2.33. The Morgan fingerprint density at radius 2 is 2.38 bits per heavy atom. The molecule has 0 radical (unpaired) electrons. The van der Waals surface area contributed by atoms with Crippen LogP contribution in [0.5, 0.6) is 0 Å². The van der Waals surface area contributed by atoms with E-state index in [4.69, 9.17) is 0 Å². The van der Waals surface area contributed by atoms with Crippen LogP contribution in [0.4, 0.5) is 16.2 Å². The molecule has 2 amide bonds. The van der Waals surface area contributed by atoms with Gasteiger partial charge in [-0.25, -0.2) is 4.79 Å². The van der Waals surface area contributed by atoms with Crippen molar-refractivity contribution >= 4 is 17.4 Å². The molecule has 0 bridgehead atoms. The molecule has 1 saturated heterocycles. The second kappa shape index (κ2) is 6.07. The van der Waals surface area contributed by atoms with E-state index in [1.165, 1.54) is 12.3 Å². The molecule has 7 nitrogen and oxygen atoms in total. The number of rotatable bonds is 3. The summed E-state index contributed by atoms with van der Waals surface area (Å²) in [6, 6.07) is 1.16. The maximum absolute atomic E-state index is 12.3. The summed E-state index contributed by atoms with van der Waals surface area (Å²) in [4.78, 5) is 28.2. The highest BCUT2D eigenvalue weighted by molar-refractivity contribution is 5.91. The predicted molar refractivity (Wildman–Crippen MR) is 79.1 cm³/mol. The van der Waals surface area contributed by atoms with Gasteiger partial charge in [0, 0.05) is 19.3 Å². The van der Waals surface area contributed by atoms with Crippen molar-refractivity contribution in [2.24, 2.45) is 5.41 Å². The van der Waals surface area contributed by atoms with Gasteiger partial charge in [-0.1, -0.05) is 13.8 Å². The molecule has 1 aliphatic heterocycles. The van der Waals surface area contributed by atoms with E-state index in [0.717, 1.165) is 25.5 Å². The number of amides is 2. The number of pyridine rings is 1. The molecule has 1 atom stereocenters. The van der Waals surface area contributed by atoms with Gasteiger partial charge in [0.15, 0.2) is 0 Å². The van der Waals surface area contributed by atoms with Crippen molar-refractivity contribution in [1.29, 1.82) is 0 Å². The minimum absolute atomic E-state index is 0.125. The average molecular weight is 292 g/mol. The van der Waals surface area contributed by atoms with Gasteiger partial charge in [-0.3, -0.25) is 15.1 Å². The van der Waals surface area contributed by atoms with E-state index in [1.807, 2.05) is 0 Å². The van der Waals surface area contributed by atoms with Gasteiger partial charge in [-0.2, -0.15) is 0 Å². The van der Waals surface area contributed by atoms with E-state index in [9.17, 15) is 14.9 Å². The van der Waals surface area contributed by atoms with Crippen molar-refractivity contribution < 1.29 is 9.72 Å². The van der Waals surface area contributed by atoms with Gasteiger partial charge >= 0.3 is 11.7 Å². The van der Waals surface area contributed by atoms with Crippen molar-refractivity contribution in [3.05, 3.63) is 28.6 Å². The van der Waals surface area contributed by atoms with Crippen molar-refractivity contribution in [3.8, 4) is 0 Å². The minimum Gasteiger partial charge on any atom is -0.324 e. The molecule has 0 aliphatic carbocycles. The molecule has 114 valence electrons. The van der Waals surface area contributed by atoms with Gasteiger partial charge in [-0.05, 0) is 30.7 Å². The summed E-state index contributed by atoms with van der Waals surface area (Å²) >= 11 is 0. The number of aromatic nitrogens is 1. The van der Waals surface area contributed by atoms with E-state index in [0.29, 0.717) is 13.1 Å². The fraction of sp³-hybridized carbons (Fsp3) is 0.571. The molecule has 2 heterocycles. The summed E-state index contributed by atoms with van der Waals surface area (Å²) in [5.41, 5.74) is 0.115. The number of hydrogen-bond acceptors (Lipinski definition) is 4. The molecule has 0 aromatic carbocycles. The molecular formula is C14H20N4O3. The first-order chi connectivity index (χ1) is 9.95. The molecule has 1 N–H and O–H groups in total. The summed E-state index contributed by atoms with van der Waals surface area (Å²) in [5.74, 6) is 0. The Kier molecular flexibility index (Phi) is 4.40. The van der Waals surface area contributed by atoms with Gasteiger partial charge in [0.05, 0.1) is 4.92 Å². The molecule has 1 unspecified atom stereocenters. The Morgan fingerprint density at radius 3 is 3.05 bits per heavy atom. The first kappa shape index (κ1) is 15.2. The van der Waals surface area contributed by atoms with E-state index in [2.05, 4.69) is 24.1 Å². The SMILES string of the molecule is CCC1(C)CCCN(C(=O)Nc2ccncc2[N+](=O)[O-])C1. The predicted octanol–water partition coefficient (Wildman–Crippen LogP) is 3.03. The molecule has 7 heteroatoms. The fourth-order valence-corrected chi connectivity index (χ4v) is 2.61. The lowest BCUT2D eigenvalue weighted by molar-refractivity contribution is -0.384. The summed E-state index contributed by atoms with van der Waals surface area (Å²) in [6.07, 6.45) is 5.63. The third-order valence-corrected chi connectivity index (χ3v) is 4.16. The first-order valence-corrected chi connectivity index (χ1v) is 7.09. The van der Waals surface area contributed by atoms with Crippen LogP contribution in [0, 0.1) is 15.5 Å². The number of anilines is 1.